The van der Waals surface area contributed by atoms with E-state index in [1.54, 1.807) is 18.2 Å². The van der Waals surface area contributed by atoms with Gasteiger partial charge in [-0.05, 0) is 12.1 Å². The highest BCUT2D eigenvalue weighted by Gasteiger charge is 2.03. The van der Waals surface area contributed by atoms with Crippen LogP contribution in [0.15, 0.2) is 23.2 Å². The molecule has 78 valence electrons. The number of benzene rings is 1. The standard InChI is InChI=1S/C8H9Cl2N3.ClH/c9-6-2-1-3-7(10)5(6)4-13-8(11)12;/h1-3H,4H2,(H4,11,12,13);1H. The summed E-state index contributed by atoms with van der Waals surface area (Å²) in [4.78, 5) is 3.82. The Kier molecular flexibility index (Phi) is 5.69. The van der Waals surface area contributed by atoms with E-state index in [1.807, 2.05) is 0 Å². The summed E-state index contributed by atoms with van der Waals surface area (Å²) in [7, 11) is 0. The van der Waals surface area contributed by atoms with Crippen LogP contribution in [-0.4, -0.2) is 5.96 Å². The van der Waals surface area contributed by atoms with Gasteiger partial charge in [-0.25, -0.2) is 4.99 Å². The van der Waals surface area contributed by atoms with Gasteiger partial charge in [0.05, 0.1) is 6.54 Å². The molecule has 0 aliphatic carbocycles. The first-order chi connectivity index (χ1) is 6.11. The normalized spacial score (nSPS) is 9.00. The molecule has 0 saturated heterocycles. The first-order valence-electron chi connectivity index (χ1n) is 3.59. The van der Waals surface area contributed by atoms with Gasteiger partial charge in [0.25, 0.3) is 0 Å². The third-order valence-electron chi connectivity index (χ3n) is 1.48. The Hall–Kier alpha value is -0.640. The second-order valence-corrected chi connectivity index (χ2v) is 3.26. The van der Waals surface area contributed by atoms with Crippen LogP contribution < -0.4 is 11.5 Å². The van der Waals surface area contributed by atoms with Crippen molar-refractivity contribution >= 4 is 41.6 Å². The third kappa shape index (κ3) is 3.62. The van der Waals surface area contributed by atoms with Crippen molar-refractivity contribution in [2.24, 2.45) is 16.5 Å². The smallest absolute Gasteiger partial charge is 0.186 e. The molecule has 1 aromatic carbocycles. The van der Waals surface area contributed by atoms with E-state index in [1.165, 1.54) is 0 Å². The molecule has 1 rings (SSSR count). The van der Waals surface area contributed by atoms with Crippen LogP contribution in [0.4, 0.5) is 0 Å². The minimum absolute atomic E-state index is 0. The highest BCUT2D eigenvalue weighted by atomic mass is 35.5. The number of halogens is 3. The first-order valence-corrected chi connectivity index (χ1v) is 4.35. The van der Waals surface area contributed by atoms with Gasteiger partial charge in [-0.3, -0.25) is 0 Å². The highest BCUT2D eigenvalue weighted by molar-refractivity contribution is 6.35. The summed E-state index contributed by atoms with van der Waals surface area (Å²) in [5.74, 6) is 0.0241. The highest BCUT2D eigenvalue weighted by Crippen LogP contribution is 2.24. The maximum absolute atomic E-state index is 5.88. The number of nitrogens with two attached hydrogens (primary N) is 2. The Morgan fingerprint density at radius 3 is 2.14 bits per heavy atom. The van der Waals surface area contributed by atoms with Crippen LogP contribution in [0.25, 0.3) is 0 Å². The lowest BCUT2D eigenvalue weighted by molar-refractivity contribution is 1.06. The third-order valence-corrected chi connectivity index (χ3v) is 2.19. The number of nitrogens with zero attached hydrogens (tertiary/aromatic N) is 1. The Labute approximate surface area is 98.5 Å². The van der Waals surface area contributed by atoms with E-state index in [4.69, 9.17) is 34.7 Å². The van der Waals surface area contributed by atoms with Gasteiger partial charge in [0.2, 0.25) is 0 Å². The van der Waals surface area contributed by atoms with Crippen molar-refractivity contribution in [1.29, 1.82) is 0 Å². The Balaban J connectivity index is 0.00000169. The minimum atomic E-state index is 0. The maximum atomic E-state index is 5.88. The van der Waals surface area contributed by atoms with E-state index in [0.717, 1.165) is 5.56 Å². The zero-order valence-electron chi connectivity index (χ0n) is 7.21. The number of guanidine groups is 1. The molecule has 0 fully saturated rings. The predicted octanol–water partition coefficient (Wildman–Crippen LogP) is 2.19. The molecule has 0 aliphatic heterocycles. The fraction of sp³-hybridized carbons (Fsp3) is 0.125. The summed E-state index contributed by atoms with van der Waals surface area (Å²) in [6, 6.07) is 5.25. The van der Waals surface area contributed by atoms with Crippen molar-refractivity contribution in [1.82, 2.24) is 0 Å². The Morgan fingerprint density at radius 1 is 1.21 bits per heavy atom. The van der Waals surface area contributed by atoms with Crippen molar-refractivity contribution in [3.05, 3.63) is 33.8 Å². The van der Waals surface area contributed by atoms with Gasteiger partial charge in [0, 0.05) is 15.6 Å². The number of aliphatic imine (C=N–C) groups is 1. The molecule has 4 N–H and O–H groups in total. The van der Waals surface area contributed by atoms with E-state index in [9.17, 15) is 0 Å². The van der Waals surface area contributed by atoms with Gasteiger partial charge in [-0.1, -0.05) is 29.3 Å². The quantitative estimate of drug-likeness (QED) is 0.628. The SMILES string of the molecule is Cl.NC(N)=NCc1c(Cl)cccc1Cl. The molecule has 0 atom stereocenters. The average Bonchev–Trinajstić information content (AvgIpc) is 2.03. The fourth-order valence-electron chi connectivity index (χ4n) is 0.854. The van der Waals surface area contributed by atoms with E-state index < -0.39 is 0 Å². The van der Waals surface area contributed by atoms with Crippen LogP contribution in [0, 0.1) is 0 Å². The topological polar surface area (TPSA) is 64.4 Å². The van der Waals surface area contributed by atoms with Gasteiger partial charge in [-0.2, -0.15) is 0 Å². The van der Waals surface area contributed by atoms with Crippen LogP contribution >= 0.6 is 35.6 Å². The molecule has 14 heavy (non-hydrogen) atoms. The van der Waals surface area contributed by atoms with E-state index >= 15 is 0 Å². The number of hydrogen-bond acceptors (Lipinski definition) is 1. The zero-order chi connectivity index (χ0) is 9.84. The number of hydrogen-bond donors (Lipinski definition) is 2. The average molecular weight is 255 g/mol. The molecule has 0 unspecified atom stereocenters. The van der Waals surface area contributed by atoms with Crippen LogP contribution in [-0.2, 0) is 6.54 Å². The fourth-order valence-corrected chi connectivity index (χ4v) is 1.37. The minimum Gasteiger partial charge on any atom is -0.370 e. The van der Waals surface area contributed by atoms with Crippen molar-refractivity contribution in [3.63, 3.8) is 0 Å². The second kappa shape index (κ2) is 5.96. The molecule has 0 heterocycles. The lowest BCUT2D eigenvalue weighted by atomic mass is 10.2. The van der Waals surface area contributed by atoms with Gasteiger partial charge < -0.3 is 11.5 Å². The molecule has 0 radical (unpaired) electrons. The molecule has 0 saturated carbocycles. The zero-order valence-corrected chi connectivity index (χ0v) is 9.53. The summed E-state index contributed by atoms with van der Waals surface area (Å²) in [5.41, 5.74) is 11.1. The molecular weight excluding hydrogens is 244 g/mol. The van der Waals surface area contributed by atoms with Crippen molar-refractivity contribution in [2.45, 2.75) is 6.54 Å². The molecule has 0 aliphatic rings. The summed E-state index contributed by atoms with van der Waals surface area (Å²) < 4.78 is 0. The lowest BCUT2D eigenvalue weighted by Crippen LogP contribution is -2.22. The Morgan fingerprint density at radius 2 is 1.71 bits per heavy atom. The van der Waals surface area contributed by atoms with Crippen molar-refractivity contribution in [2.75, 3.05) is 0 Å². The van der Waals surface area contributed by atoms with E-state index in [-0.39, 0.29) is 18.4 Å². The maximum Gasteiger partial charge on any atom is 0.186 e. The largest absolute Gasteiger partial charge is 0.370 e. The van der Waals surface area contributed by atoms with Gasteiger partial charge in [0.15, 0.2) is 5.96 Å². The van der Waals surface area contributed by atoms with E-state index in [0.29, 0.717) is 16.6 Å². The molecule has 1 aromatic rings. The second-order valence-electron chi connectivity index (χ2n) is 2.44. The van der Waals surface area contributed by atoms with Crippen LogP contribution in [0.5, 0.6) is 0 Å². The van der Waals surface area contributed by atoms with Crippen molar-refractivity contribution in [3.8, 4) is 0 Å². The summed E-state index contributed by atoms with van der Waals surface area (Å²) >= 11 is 11.8. The van der Waals surface area contributed by atoms with Gasteiger partial charge in [-0.15, -0.1) is 12.4 Å². The summed E-state index contributed by atoms with van der Waals surface area (Å²) in [6.45, 7) is 0.306. The first kappa shape index (κ1) is 13.4. The van der Waals surface area contributed by atoms with Crippen LogP contribution in [0.2, 0.25) is 10.0 Å². The monoisotopic (exact) mass is 253 g/mol. The summed E-state index contributed by atoms with van der Waals surface area (Å²) in [6.07, 6.45) is 0. The molecule has 0 aromatic heterocycles. The molecule has 0 amide bonds. The molecule has 3 nitrogen and oxygen atoms in total. The predicted molar refractivity (Wildman–Crippen MR) is 63.2 cm³/mol. The van der Waals surface area contributed by atoms with Gasteiger partial charge >= 0.3 is 0 Å². The lowest BCUT2D eigenvalue weighted by Gasteiger charge is -2.02. The van der Waals surface area contributed by atoms with Crippen molar-refractivity contribution < 1.29 is 0 Å². The summed E-state index contributed by atoms with van der Waals surface area (Å²) in [5, 5.41) is 1.13. The van der Waals surface area contributed by atoms with Crippen LogP contribution in [0.1, 0.15) is 5.56 Å². The molecule has 6 heteroatoms. The van der Waals surface area contributed by atoms with Crippen LogP contribution in [0.3, 0.4) is 0 Å². The van der Waals surface area contributed by atoms with E-state index in [2.05, 4.69) is 4.99 Å². The molecular formula is C8H10Cl3N3. The molecule has 0 bridgehead atoms. The van der Waals surface area contributed by atoms with Gasteiger partial charge in [0.1, 0.15) is 0 Å². The Bertz CT molecular complexity index is 314. The number of rotatable bonds is 2. The molecule has 0 spiro atoms.